The number of aromatic nitrogens is 2. The Morgan fingerprint density at radius 2 is 1.73 bits per heavy atom. The van der Waals surface area contributed by atoms with E-state index in [0.717, 1.165) is 23.2 Å². The van der Waals surface area contributed by atoms with Gasteiger partial charge in [-0.1, -0.05) is 42.5 Å². The zero-order chi connectivity index (χ0) is 21.1. The number of nitrogens with one attached hydrogen (secondary N) is 2. The molecule has 0 saturated heterocycles. The van der Waals surface area contributed by atoms with Gasteiger partial charge >= 0.3 is 6.18 Å². The van der Waals surface area contributed by atoms with Gasteiger partial charge in [0.05, 0.1) is 22.8 Å². The zero-order valence-electron chi connectivity index (χ0n) is 15.4. The first-order valence-corrected chi connectivity index (χ1v) is 8.96. The molecule has 0 saturated carbocycles. The van der Waals surface area contributed by atoms with Crippen molar-refractivity contribution in [1.29, 1.82) is 0 Å². The van der Waals surface area contributed by atoms with Crippen LogP contribution < -0.4 is 5.43 Å². The van der Waals surface area contributed by atoms with Gasteiger partial charge in [-0.3, -0.25) is 4.79 Å². The first kappa shape index (κ1) is 19.4. The molecule has 30 heavy (non-hydrogen) atoms. The lowest BCUT2D eigenvalue weighted by atomic mass is 10.1. The predicted octanol–water partition coefficient (Wildman–Crippen LogP) is 5.01. The second kappa shape index (κ2) is 7.82. The molecule has 0 fully saturated rings. The number of nitrogens with zero attached hydrogens (tertiary/aromatic N) is 2. The van der Waals surface area contributed by atoms with E-state index in [1.165, 1.54) is 18.3 Å². The first-order valence-electron chi connectivity index (χ1n) is 8.96. The normalized spacial score (nSPS) is 11.8. The topological polar surface area (TPSA) is 70.1 Å². The van der Waals surface area contributed by atoms with E-state index >= 15 is 0 Å². The summed E-state index contributed by atoms with van der Waals surface area (Å²) in [5.41, 5.74) is 4.78. The van der Waals surface area contributed by atoms with Crippen LogP contribution >= 0.6 is 0 Å². The molecule has 2 N–H and O–H groups in total. The number of hydrogen-bond donors (Lipinski definition) is 2. The summed E-state index contributed by atoms with van der Waals surface area (Å²) in [7, 11) is 0. The largest absolute Gasteiger partial charge is 0.416 e. The van der Waals surface area contributed by atoms with Crippen molar-refractivity contribution in [1.82, 2.24) is 15.4 Å². The van der Waals surface area contributed by atoms with Crippen molar-refractivity contribution >= 4 is 23.2 Å². The van der Waals surface area contributed by atoms with Gasteiger partial charge in [-0.15, -0.1) is 0 Å². The van der Waals surface area contributed by atoms with Crippen molar-refractivity contribution in [3.05, 3.63) is 89.5 Å². The first-order chi connectivity index (χ1) is 14.4. The molecule has 4 aromatic rings. The Bertz CT molecular complexity index is 1210. The highest BCUT2D eigenvalue weighted by Gasteiger charge is 2.29. The number of hydrogen-bond acceptors (Lipinski definition) is 3. The number of carbonyl (C=O) groups is 1. The molecule has 3 aromatic carbocycles. The van der Waals surface area contributed by atoms with Gasteiger partial charge in [0, 0.05) is 11.1 Å². The molecule has 1 amide bonds. The van der Waals surface area contributed by atoms with Gasteiger partial charge in [0.15, 0.2) is 0 Å². The van der Waals surface area contributed by atoms with E-state index < -0.39 is 17.6 Å². The fourth-order valence-electron chi connectivity index (χ4n) is 2.87. The van der Waals surface area contributed by atoms with Crippen LogP contribution in [0, 0.1) is 0 Å². The average Bonchev–Trinajstić information content (AvgIpc) is 3.17. The summed E-state index contributed by atoms with van der Waals surface area (Å²) in [5.74, 6) is 0.249. The molecule has 0 atom stereocenters. The van der Waals surface area contributed by atoms with Gasteiger partial charge in [-0.05, 0) is 35.9 Å². The van der Waals surface area contributed by atoms with E-state index in [4.69, 9.17) is 0 Å². The Hall–Kier alpha value is -3.94. The summed E-state index contributed by atoms with van der Waals surface area (Å²) in [6.45, 7) is 0. The SMILES string of the molecule is O=C(N/N=C/c1ccc(C(F)(F)F)cc1)c1ccc2nc(-c3ccccc3)[nH]c2c1. The molecule has 1 aromatic heterocycles. The molecule has 0 unspecified atom stereocenters. The summed E-state index contributed by atoms with van der Waals surface area (Å²) in [4.78, 5) is 20.0. The maximum Gasteiger partial charge on any atom is 0.416 e. The van der Waals surface area contributed by atoms with Gasteiger partial charge < -0.3 is 4.98 Å². The number of halogens is 3. The molecule has 0 aliphatic carbocycles. The number of fused-ring (bicyclic) bond motifs is 1. The van der Waals surface area contributed by atoms with Crippen molar-refractivity contribution in [2.75, 3.05) is 0 Å². The van der Waals surface area contributed by atoms with Crippen LogP contribution in [-0.4, -0.2) is 22.1 Å². The lowest BCUT2D eigenvalue weighted by molar-refractivity contribution is -0.137. The van der Waals surface area contributed by atoms with Gasteiger partial charge in [0.1, 0.15) is 5.82 Å². The smallest absolute Gasteiger partial charge is 0.338 e. The summed E-state index contributed by atoms with van der Waals surface area (Å²) in [6.07, 6.45) is -3.12. The highest BCUT2D eigenvalue weighted by Crippen LogP contribution is 2.28. The number of H-pyrrole nitrogens is 1. The molecule has 150 valence electrons. The number of alkyl halides is 3. The molecule has 8 heteroatoms. The van der Waals surface area contributed by atoms with Crippen LogP contribution in [0.4, 0.5) is 13.2 Å². The molecule has 0 spiro atoms. The van der Waals surface area contributed by atoms with Crippen molar-refractivity contribution in [2.45, 2.75) is 6.18 Å². The number of aromatic amines is 1. The Balaban J connectivity index is 1.46. The maximum absolute atomic E-state index is 12.6. The predicted molar refractivity (Wildman–Crippen MR) is 108 cm³/mol. The lowest BCUT2D eigenvalue weighted by Gasteiger charge is -2.05. The quantitative estimate of drug-likeness (QED) is 0.368. The van der Waals surface area contributed by atoms with Crippen LogP contribution in [0.5, 0.6) is 0 Å². The summed E-state index contributed by atoms with van der Waals surface area (Å²) in [5, 5.41) is 3.81. The van der Waals surface area contributed by atoms with Gasteiger partial charge in [-0.25, -0.2) is 10.4 Å². The molecular weight excluding hydrogens is 393 g/mol. The highest BCUT2D eigenvalue weighted by atomic mass is 19.4. The third kappa shape index (κ3) is 4.22. The standard InChI is InChI=1S/C22H15F3N4O/c23-22(24,25)17-9-6-14(7-10-17)13-26-29-21(30)16-8-11-18-19(12-16)28-20(27-18)15-4-2-1-3-5-15/h1-13H,(H,27,28)(H,29,30)/b26-13+. The number of rotatable bonds is 4. The van der Waals surface area contributed by atoms with E-state index in [9.17, 15) is 18.0 Å². The maximum atomic E-state index is 12.6. The fourth-order valence-corrected chi connectivity index (χ4v) is 2.87. The van der Waals surface area contributed by atoms with Gasteiger partial charge in [-0.2, -0.15) is 18.3 Å². The third-order valence-electron chi connectivity index (χ3n) is 4.41. The van der Waals surface area contributed by atoms with E-state index in [1.807, 2.05) is 30.3 Å². The minimum atomic E-state index is -4.39. The van der Waals surface area contributed by atoms with Crippen LogP contribution in [0.15, 0.2) is 77.9 Å². The summed E-state index contributed by atoms with van der Waals surface area (Å²) in [6, 6.07) is 19.1. The second-order valence-corrected chi connectivity index (χ2v) is 6.50. The molecule has 0 aliphatic heterocycles. The Labute approximate surface area is 169 Å². The fraction of sp³-hybridized carbons (Fsp3) is 0.0455. The van der Waals surface area contributed by atoms with E-state index in [-0.39, 0.29) is 0 Å². The van der Waals surface area contributed by atoms with E-state index in [1.54, 1.807) is 18.2 Å². The van der Waals surface area contributed by atoms with Crippen molar-refractivity contribution < 1.29 is 18.0 Å². The molecule has 0 radical (unpaired) electrons. The van der Waals surface area contributed by atoms with Crippen LogP contribution in [0.3, 0.4) is 0 Å². The second-order valence-electron chi connectivity index (χ2n) is 6.50. The van der Waals surface area contributed by atoms with Gasteiger partial charge in [0.25, 0.3) is 5.91 Å². The summed E-state index contributed by atoms with van der Waals surface area (Å²) >= 11 is 0. The number of hydrazone groups is 1. The van der Waals surface area contributed by atoms with Crippen LogP contribution in [-0.2, 0) is 6.18 Å². The number of amides is 1. The molecule has 5 nitrogen and oxygen atoms in total. The van der Waals surface area contributed by atoms with Crippen LogP contribution in [0.1, 0.15) is 21.5 Å². The zero-order valence-corrected chi connectivity index (χ0v) is 15.4. The van der Waals surface area contributed by atoms with Gasteiger partial charge in [0.2, 0.25) is 0 Å². The highest BCUT2D eigenvalue weighted by molar-refractivity contribution is 5.98. The Morgan fingerprint density at radius 1 is 1.00 bits per heavy atom. The number of imidazole rings is 1. The number of carbonyl (C=O) groups excluding carboxylic acids is 1. The average molecular weight is 408 g/mol. The van der Waals surface area contributed by atoms with E-state index in [0.29, 0.717) is 22.5 Å². The molecule has 0 aliphatic rings. The van der Waals surface area contributed by atoms with Crippen molar-refractivity contribution in [3.63, 3.8) is 0 Å². The Morgan fingerprint density at radius 3 is 2.43 bits per heavy atom. The van der Waals surface area contributed by atoms with E-state index in [2.05, 4.69) is 20.5 Å². The minimum absolute atomic E-state index is 0.371. The monoisotopic (exact) mass is 408 g/mol. The lowest BCUT2D eigenvalue weighted by Crippen LogP contribution is -2.17. The van der Waals surface area contributed by atoms with Crippen LogP contribution in [0.25, 0.3) is 22.4 Å². The van der Waals surface area contributed by atoms with Crippen LogP contribution in [0.2, 0.25) is 0 Å². The third-order valence-corrected chi connectivity index (χ3v) is 4.41. The van der Waals surface area contributed by atoms with Crippen molar-refractivity contribution in [3.8, 4) is 11.4 Å². The molecule has 4 rings (SSSR count). The number of benzene rings is 3. The molecular formula is C22H15F3N4O. The summed E-state index contributed by atoms with van der Waals surface area (Å²) < 4.78 is 37.7. The molecule has 1 heterocycles. The van der Waals surface area contributed by atoms with Crippen molar-refractivity contribution in [2.24, 2.45) is 5.10 Å². The Kier molecular flexibility index (Phi) is 5.05. The minimum Gasteiger partial charge on any atom is -0.338 e. The molecule has 0 bridgehead atoms.